The van der Waals surface area contributed by atoms with Gasteiger partial charge in [-0.15, -0.1) is 0 Å². The Kier molecular flexibility index (Phi) is 5.60. The first-order valence-corrected chi connectivity index (χ1v) is 10.7. The fourth-order valence-corrected chi connectivity index (χ4v) is 3.67. The van der Waals surface area contributed by atoms with E-state index in [0.717, 1.165) is 28.1 Å². The first kappa shape index (κ1) is 21.5. The maximum Gasteiger partial charge on any atom is 0.256 e. The highest BCUT2D eigenvalue weighted by Gasteiger charge is 2.18. The van der Waals surface area contributed by atoms with E-state index in [2.05, 4.69) is 41.0 Å². The summed E-state index contributed by atoms with van der Waals surface area (Å²) in [6.07, 6.45) is 3.14. The van der Waals surface area contributed by atoms with Gasteiger partial charge in [-0.2, -0.15) is 10.1 Å². The number of carbonyl (C=O) groups is 1. The average Bonchev–Trinajstić information content (AvgIpc) is 3.26. The highest BCUT2D eigenvalue weighted by molar-refractivity contribution is 5.99. The quantitative estimate of drug-likeness (QED) is 0.416. The van der Waals surface area contributed by atoms with Crippen molar-refractivity contribution in [1.82, 2.24) is 35.0 Å². The fourth-order valence-electron chi connectivity index (χ4n) is 3.67. The first-order valence-electron chi connectivity index (χ1n) is 10.7. The van der Waals surface area contributed by atoms with E-state index in [9.17, 15) is 4.79 Å². The van der Waals surface area contributed by atoms with Crippen LogP contribution in [0.2, 0.25) is 0 Å². The molecule has 1 aliphatic heterocycles. The summed E-state index contributed by atoms with van der Waals surface area (Å²) >= 11 is 0. The van der Waals surface area contributed by atoms with Gasteiger partial charge < -0.3 is 20.7 Å². The Labute approximate surface area is 195 Å². The zero-order valence-corrected chi connectivity index (χ0v) is 19.0. The minimum absolute atomic E-state index is 0.304. The number of ether oxygens (including phenoxy) is 1. The molecule has 1 aliphatic rings. The normalized spacial score (nSPS) is 12.8. The molecule has 4 heterocycles. The van der Waals surface area contributed by atoms with E-state index in [1.54, 1.807) is 18.1 Å². The average molecular weight is 457 g/mol. The molecule has 0 saturated carbocycles. The number of aromatic nitrogens is 6. The molecule has 0 radical (unpaired) electrons. The van der Waals surface area contributed by atoms with Gasteiger partial charge in [0.05, 0.1) is 18.9 Å². The van der Waals surface area contributed by atoms with Gasteiger partial charge >= 0.3 is 0 Å². The molecule has 0 atom stereocenters. The van der Waals surface area contributed by atoms with Crippen LogP contribution >= 0.6 is 0 Å². The highest BCUT2D eigenvalue weighted by atomic mass is 16.5. The number of benzene rings is 1. The predicted molar refractivity (Wildman–Crippen MR) is 126 cm³/mol. The number of hydrogen-bond donors (Lipinski definition) is 3. The Hall–Kier alpha value is -4.38. The van der Waals surface area contributed by atoms with E-state index in [0.29, 0.717) is 42.2 Å². The van der Waals surface area contributed by atoms with E-state index in [-0.39, 0.29) is 5.91 Å². The third-order valence-corrected chi connectivity index (χ3v) is 5.39. The number of fused-ring (bicyclic) bond motifs is 6. The largest absolute Gasteiger partial charge is 0.370 e. The van der Waals surface area contributed by atoms with Crippen molar-refractivity contribution >= 4 is 29.2 Å². The lowest BCUT2D eigenvalue weighted by atomic mass is 10.0. The van der Waals surface area contributed by atoms with Crippen molar-refractivity contribution < 1.29 is 9.53 Å². The molecule has 0 saturated heterocycles. The third kappa shape index (κ3) is 4.28. The molecule has 5 rings (SSSR count). The predicted octanol–water partition coefficient (Wildman–Crippen LogP) is 2.85. The monoisotopic (exact) mass is 457 g/mol. The summed E-state index contributed by atoms with van der Waals surface area (Å²) in [4.78, 5) is 30.4. The topological polar surface area (TPSA) is 132 Å². The summed E-state index contributed by atoms with van der Waals surface area (Å²) in [5.74, 6) is 1.52. The van der Waals surface area contributed by atoms with Crippen LogP contribution < -0.4 is 16.0 Å². The lowest BCUT2D eigenvalue weighted by Crippen LogP contribution is -2.20. The standard InChI is InChI=1S/C23H23N9O2/c1-13-16(20-26-12-32(3)31-20)7-14-8-18(13)28-21-17(22(33)24-2)9-25-23(30-21)29-19-6-4-5-15(27-19)11-34-10-14/h4-9,12H,10-11H2,1-3H3,(H,24,33)(H2,25,27,28,29,30). The molecule has 11 heteroatoms. The lowest BCUT2D eigenvalue weighted by molar-refractivity contribution is 0.0963. The van der Waals surface area contributed by atoms with Crippen LogP contribution in [0, 0.1) is 6.92 Å². The second-order valence-corrected chi connectivity index (χ2v) is 7.85. The third-order valence-electron chi connectivity index (χ3n) is 5.39. The van der Waals surface area contributed by atoms with Gasteiger partial charge in [-0.1, -0.05) is 6.07 Å². The lowest BCUT2D eigenvalue weighted by Gasteiger charge is -2.17. The van der Waals surface area contributed by atoms with Crippen LogP contribution in [0.1, 0.15) is 27.2 Å². The molecule has 6 bridgehead atoms. The number of hydrogen-bond acceptors (Lipinski definition) is 9. The Morgan fingerprint density at radius 2 is 2.03 bits per heavy atom. The summed E-state index contributed by atoms with van der Waals surface area (Å²) in [5, 5.41) is 13.5. The molecule has 0 unspecified atom stereocenters. The van der Waals surface area contributed by atoms with Gasteiger partial charge in [-0.25, -0.2) is 15.0 Å². The summed E-state index contributed by atoms with van der Waals surface area (Å²) in [6, 6.07) is 9.58. The van der Waals surface area contributed by atoms with Crippen molar-refractivity contribution in [2.75, 3.05) is 17.7 Å². The van der Waals surface area contributed by atoms with Gasteiger partial charge in [0.2, 0.25) is 5.95 Å². The van der Waals surface area contributed by atoms with E-state index in [1.165, 1.54) is 6.20 Å². The minimum Gasteiger partial charge on any atom is -0.370 e. The molecular formula is C23H23N9O2. The molecule has 11 nitrogen and oxygen atoms in total. The Balaban J connectivity index is 1.67. The van der Waals surface area contributed by atoms with Gasteiger partial charge in [0, 0.05) is 31.5 Å². The summed E-state index contributed by atoms with van der Waals surface area (Å²) in [7, 11) is 3.39. The molecular weight excluding hydrogens is 434 g/mol. The molecule has 172 valence electrons. The maximum absolute atomic E-state index is 12.5. The van der Waals surface area contributed by atoms with E-state index in [4.69, 9.17) is 4.74 Å². The van der Waals surface area contributed by atoms with Crippen molar-refractivity contribution in [2.45, 2.75) is 20.1 Å². The summed E-state index contributed by atoms with van der Waals surface area (Å²) in [5.41, 5.74) is 4.50. The first-order chi connectivity index (χ1) is 16.5. The number of nitrogens with one attached hydrogen (secondary N) is 3. The van der Waals surface area contributed by atoms with Gasteiger partial charge in [0.1, 0.15) is 23.5 Å². The summed E-state index contributed by atoms with van der Waals surface area (Å²) in [6.45, 7) is 2.66. The Morgan fingerprint density at radius 1 is 1.15 bits per heavy atom. The Bertz CT molecular complexity index is 1380. The second-order valence-electron chi connectivity index (χ2n) is 7.85. The van der Waals surface area contributed by atoms with Gasteiger partial charge in [0.15, 0.2) is 5.82 Å². The van der Waals surface area contributed by atoms with E-state index < -0.39 is 0 Å². The molecule has 4 aromatic rings. The second kappa shape index (κ2) is 8.87. The zero-order valence-electron chi connectivity index (χ0n) is 19.0. The minimum atomic E-state index is -0.306. The van der Waals surface area contributed by atoms with E-state index >= 15 is 0 Å². The highest BCUT2D eigenvalue weighted by Crippen LogP contribution is 2.32. The Morgan fingerprint density at radius 3 is 2.82 bits per heavy atom. The van der Waals surface area contributed by atoms with Crippen LogP contribution in [0.3, 0.4) is 0 Å². The smallest absolute Gasteiger partial charge is 0.256 e. The molecule has 0 fully saturated rings. The van der Waals surface area contributed by atoms with Crippen molar-refractivity contribution in [2.24, 2.45) is 7.05 Å². The molecule has 3 N–H and O–H groups in total. The fraction of sp³-hybridized carbons (Fsp3) is 0.217. The number of aryl methyl sites for hydroxylation is 1. The van der Waals surface area contributed by atoms with E-state index in [1.807, 2.05) is 44.3 Å². The molecule has 34 heavy (non-hydrogen) atoms. The van der Waals surface area contributed by atoms with Gasteiger partial charge in [-0.05, 0) is 42.3 Å². The van der Waals surface area contributed by atoms with Crippen LogP contribution in [-0.4, -0.2) is 42.7 Å². The van der Waals surface area contributed by atoms with Crippen LogP contribution in [0.4, 0.5) is 23.3 Å². The van der Waals surface area contributed by atoms with Crippen molar-refractivity contribution in [3.63, 3.8) is 0 Å². The zero-order chi connectivity index (χ0) is 23.7. The number of anilines is 4. The SMILES string of the molecule is CNC(=O)c1cnc2nc1Nc1cc(cc(-c3ncn(C)n3)c1C)COCc1cccc(n1)N2. The van der Waals surface area contributed by atoms with Gasteiger partial charge in [0.25, 0.3) is 5.91 Å². The molecule has 0 aliphatic carbocycles. The maximum atomic E-state index is 12.5. The van der Waals surface area contributed by atoms with Crippen molar-refractivity contribution in [3.05, 3.63) is 65.2 Å². The van der Waals surface area contributed by atoms with Crippen molar-refractivity contribution in [1.29, 1.82) is 0 Å². The van der Waals surface area contributed by atoms with Crippen LogP contribution in [0.25, 0.3) is 11.4 Å². The number of pyridine rings is 1. The molecule has 1 aromatic carbocycles. The van der Waals surface area contributed by atoms with Crippen LogP contribution in [-0.2, 0) is 25.0 Å². The molecule has 3 aromatic heterocycles. The summed E-state index contributed by atoms with van der Waals surface area (Å²) < 4.78 is 7.62. The van der Waals surface area contributed by atoms with Gasteiger partial charge in [-0.3, -0.25) is 9.48 Å². The van der Waals surface area contributed by atoms with Crippen LogP contribution in [0.15, 0.2) is 42.9 Å². The number of amides is 1. The van der Waals surface area contributed by atoms with Crippen LogP contribution in [0.5, 0.6) is 0 Å². The van der Waals surface area contributed by atoms with Crippen molar-refractivity contribution in [3.8, 4) is 11.4 Å². The number of carbonyl (C=O) groups excluding carboxylic acids is 1. The molecule has 0 spiro atoms. The number of nitrogens with zero attached hydrogens (tertiary/aromatic N) is 6. The number of rotatable bonds is 2. The molecule has 1 amide bonds.